The van der Waals surface area contributed by atoms with E-state index in [1.165, 1.54) is 0 Å². The summed E-state index contributed by atoms with van der Waals surface area (Å²) in [5.41, 5.74) is 0. The topological polar surface area (TPSA) is 27.1 Å². The number of aryl methyl sites for hydroxylation is 1. The molecule has 1 aromatic rings. The molecule has 0 aliphatic rings. The molecule has 0 unspecified atom stereocenters. The highest BCUT2D eigenvalue weighted by Crippen LogP contribution is 2.04. The number of hydrogen-bond acceptors (Lipinski definition) is 2. The molecule has 3 nitrogen and oxygen atoms in total. The third kappa shape index (κ3) is 1.57. The standard InChI is InChI=1S/C5H7IN2O/c1-8-3-2-7-5(8)9-4-6/h2-3H,4H2,1H3. The number of aromatic nitrogens is 2. The lowest BCUT2D eigenvalue weighted by molar-refractivity contribution is 0.357. The van der Waals surface area contributed by atoms with Gasteiger partial charge >= 0.3 is 0 Å². The van der Waals surface area contributed by atoms with Crippen molar-refractivity contribution in [3.8, 4) is 6.01 Å². The van der Waals surface area contributed by atoms with Crippen molar-refractivity contribution in [2.24, 2.45) is 7.05 Å². The van der Waals surface area contributed by atoms with Crippen LogP contribution in [-0.2, 0) is 7.05 Å². The highest BCUT2D eigenvalue weighted by Gasteiger charge is 1.95. The fraction of sp³-hybridized carbons (Fsp3) is 0.400. The van der Waals surface area contributed by atoms with Crippen LogP contribution < -0.4 is 4.74 Å². The van der Waals surface area contributed by atoms with Gasteiger partial charge < -0.3 is 9.30 Å². The van der Waals surface area contributed by atoms with Gasteiger partial charge in [-0.05, 0) is 22.6 Å². The monoisotopic (exact) mass is 238 g/mol. The predicted molar refractivity (Wildman–Crippen MR) is 42.7 cm³/mol. The highest BCUT2D eigenvalue weighted by molar-refractivity contribution is 14.1. The van der Waals surface area contributed by atoms with Crippen molar-refractivity contribution in [2.45, 2.75) is 0 Å². The number of imidazole rings is 1. The summed E-state index contributed by atoms with van der Waals surface area (Å²) in [6.45, 7) is 0. The van der Waals surface area contributed by atoms with Crippen molar-refractivity contribution in [3.05, 3.63) is 12.4 Å². The fourth-order valence-electron chi connectivity index (χ4n) is 0.540. The molecule has 1 aromatic heterocycles. The SMILES string of the molecule is Cn1ccnc1OCI. The largest absolute Gasteiger partial charge is 0.454 e. The maximum absolute atomic E-state index is 5.12. The van der Waals surface area contributed by atoms with E-state index in [4.69, 9.17) is 4.74 Å². The molecule has 4 heteroatoms. The van der Waals surface area contributed by atoms with Crippen LogP contribution in [0.3, 0.4) is 0 Å². The molecule has 0 radical (unpaired) electrons. The van der Waals surface area contributed by atoms with Crippen molar-refractivity contribution in [3.63, 3.8) is 0 Å². The van der Waals surface area contributed by atoms with E-state index in [1.54, 1.807) is 6.20 Å². The van der Waals surface area contributed by atoms with Crippen LogP contribution in [0.2, 0.25) is 0 Å². The summed E-state index contributed by atoms with van der Waals surface area (Å²) in [6, 6.07) is 0.671. The number of nitrogens with zero attached hydrogens (tertiary/aromatic N) is 2. The van der Waals surface area contributed by atoms with Gasteiger partial charge in [0.2, 0.25) is 0 Å². The Kier molecular flexibility index (Phi) is 2.32. The van der Waals surface area contributed by atoms with E-state index in [-0.39, 0.29) is 0 Å². The minimum Gasteiger partial charge on any atom is -0.454 e. The fourth-order valence-corrected chi connectivity index (χ4v) is 0.818. The second-order valence-corrected chi connectivity index (χ2v) is 2.20. The van der Waals surface area contributed by atoms with Crippen LogP contribution in [0.1, 0.15) is 0 Å². The third-order valence-electron chi connectivity index (χ3n) is 0.961. The van der Waals surface area contributed by atoms with E-state index < -0.39 is 0 Å². The summed E-state index contributed by atoms with van der Waals surface area (Å²) >= 11 is 2.13. The van der Waals surface area contributed by atoms with Crippen LogP contribution in [0, 0.1) is 0 Å². The van der Waals surface area contributed by atoms with E-state index >= 15 is 0 Å². The average Bonchev–Trinajstić information content (AvgIpc) is 2.18. The molecular formula is C5H7IN2O. The van der Waals surface area contributed by atoms with Crippen molar-refractivity contribution < 1.29 is 4.74 Å². The van der Waals surface area contributed by atoms with Gasteiger partial charge in [0.25, 0.3) is 6.01 Å². The molecule has 0 atom stereocenters. The molecular weight excluding hydrogens is 231 g/mol. The quantitative estimate of drug-likeness (QED) is 0.571. The van der Waals surface area contributed by atoms with Crippen molar-refractivity contribution in [2.75, 3.05) is 4.61 Å². The number of hydrogen-bond donors (Lipinski definition) is 0. The Balaban J connectivity index is 2.69. The molecule has 0 N–H and O–H groups in total. The van der Waals surface area contributed by atoms with E-state index in [2.05, 4.69) is 27.6 Å². The van der Waals surface area contributed by atoms with E-state index in [0.29, 0.717) is 10.6 Å². The number of halogens is 1. The van der Waals surface area contributed by atoms with E-state index in [1.807, 2.05) is 17.8 Å². The minimum absolute atomic E-state index is 0.641. The van der Waals surface area contributed by atoms with Crippen LogP contribution in [-0.4, -0.2) is 14.2 Å². The summed E-state index contributed by atoms with van der Waals surface area (Å²) in [7, 11) is 1.90. The van der Waals surface area contributed by atoms with Crippen LogP contribution in [0.15, 0.2) is 12.4 Å². The molecule has 1 rings (SSSR count). The molecule has 0 fully saturated rings. The summed E-state index contributed by atoms with van der Waals surface area (Å²) in [4.78, 5) is 3.94. The van der Waals surface area contributed by atoms with Gasteiger partial charge in [-0.15, -0.1) is 0 Å². The summed E-state index contributed by atoms with van der Waals surface area (Å²) < 4.78 is 7.59. The van der Waals surface area contributed by atoms with Gasteiger partial charge in [0.1, 0.15) is 4.61 Å². The molecule has 0 aliphatic heterocycles. The predicted octanol–water partition coefficient (Wildman–Crippen LogP) is 1.19. The first-order valence-electron chi connectivity index (χ1n) is 2.50. The van der Waals surface area contributed by atoms with Gasteiger partial charge in [-0.1, -0.05) is 0 Å². The van der Waals surface area contributed by atoms with Gasteiger partial charge in [-0.2, -0.15) is 0 Å². The maximum atomic E-state index is 5.12. The lowest BCUT2D eigenvalue weighted by atomic mass is 10.9. The normalized spacial score (nSPS) is 9.56. The van der Waals surface area contributed by atoms with Crippen molar-refractivity contribution >= 4 is 22.6 Å². The molecule has 0 bridgehead atoms. The number of ether oxygens (including phenoxy) is 1. The van der Waals surface area contributed by atoms with Crippen LogP contribution in [0.25, 0.3) is 0 Å². The Morgan fingerprint density at radius 3 is 3.11 bits per heavy atom. The zero-order chi connectivity index (χ0) is 6.69. The highest BCUT2D eigenvalue weighted by atomic mass is 127. The van der Waals surface area contributed by atoms with Gasteiger partial charge in [-0.3, -0.25) is 0 Å². The molecule has 0 saturated carbocycles. The number of alkyl halides is 1. The Morgan fingerprint density at radius 2 is 2.67 bits per heavy atom. The molecule has 1 heterocycles. The molecule has 50 valence electrons. The molecule has 0 spiro atoms. The Bertz CT molecular complexity index is 187. The smallest absolute Gasteiger partial charge is 0.296 e. The van der Waals surface area contributed by atoms with Crippen molar-refractivity contribution in [1.82, 2.24) is 9.55 Å². The van der Waals surface area contributed by atoms with Gasteiger partial charge in [-0.25, -0.2) is 4.98 Å². The van der Waals surface area contributed by atoms with E-state index in [0.717, 1.165) is 0 Å². The zero-order valence-electron chi connectivity index (χ0n) is 5.04. The van der Waals surface area contributed by atoms with Gasteiger partial charge in [0, 0.05) is 19.4 Å². The molecule has 0 aliphatic carbocycles. The third-order valence-corrected chi connectivity index (χ3v) is 1.27. The average molecular weight is 238 g/mol. The second kappa shape index (κ2) is 3.05. The summed E-state index contributed by atoms with van der Waals surface area (Å²) in [6.07, 6.45) is 3.56. The molecule has 0 aromatic carbocycles. The summed E-state index contributed by atoms with van der Waals surface area (Å²) in [5.74, 6) is 0. The Morgan fingerprint density at radius 1 is 1.89 bits per heavy atom. The first kappa shape index (κ1) is 6.85. The van der Waals surface area contributed by atoms with Crippen LogP contribution in [0.5, 0.6) is 6.01 Å². The molecule has 0 saturated heterocycles. The first-order valence-corrected chi connectivity index (χ1v) is 4.03. The second-order valence-electron chi connectivity index (χ2n) is 1.57. The maximum Gasteiger partial charge on any atom is 0.296 e. The minimum atomic E-state index is 0.641. The first-order chi connectivity index (χ1) is 4.34. The van der Waals surface area contributed by atoms with E-state index in [9.17, 15) is 0 Å². The Labute approximate surface area is 67.2 Å². The molecule has 9 heavy (non-hydrogen) atoms. The van der Waals surface area contributed by atoms with Crippen molar-refractivity contribution in [1.29, 1.82) is 0 Å². The van der Waals surface area contributed by atoms with Gasteiger partial charge in [0.15, 0.2) is 0 Å². The lowest BCUT2D eigenvalue weighted by Crippen LogP contribution is -1.96. The Hall–Kier alpha value is -0.260. The number of rotatable bonds is 2. The zero-order valence-corrected chi connectivity index (χ0v) is 7.20. The van der Waals surface area contributed by atoms with Crippen LogP contribution >= 0.6 is 22.6 Å². The molecule has 0 amide bonds. The van der Waals surface area contributed by atoms with Crippen LogP contribution in [0.4, 0.5) is 0 Å². The summed E-state index contributed by atoms with van der Waals surface area (Å²) in [5, 5.41) is 0. The lowest BCUT2D eigenvalue weighted by Gasteiger charge is -1.98. The van der Waals surface area contributed by atoms with Gasteiger partial charge in [0.05, 0.1) is 0 Å².